The van der Waals surface area contributed by atoms with Gasteiger partial charge in [-0.05, 0) is 86.4 Å². The number of hydrogen-bond donors (Lipinski definition) is 0. The Balaban J connectivity index is 1.06. The van der Waals surface area contributed by atoms with E-state index in [1.807, 2.05) is 23.5 Å². The van der Waals surface area contributed by atoms with Gasteiger partial charge in [0.15, 0.2) is 0 Å². The Kier molecular flexibility index (Phi) is 5.02. The van der Waals surface area contributed by atoms with Crippen molar-refractivity contribution >= 4 is 75.0 Å². The van der Waals surface area contributed by atoms with Crippen LogP contribution in [0.3, 0.4) is 0 Å². The van der Waals surface area contributed by atoms with E-state index < -0.39 is 0 Å². The molecule has 8 aromatic carbocycles. The molecule has 0 saturated heterocycles. The summed E-state index contributed by atoms with van der Waals surface area (Å²) in [7, 11) is 0. The molecule has 10 aromatic rings. The van der Waals surface area contributed by atoms with Crippen LogP contribution in [0, 0.1) is 0 Å². The number of benzene rings is 8. The van der Waals surface area contributed by atoms with Crippen LogP contribution >= 0.6 is 11.3 Å². The van der Waals surface area contributed by atoms with E-state index in [1.54, 1.807) is 0 Å². The minimum atomic E-state index is 0.914. The lowest BCUT2D eigenvalue weighted by atomic mass is 9.90. The summed E-state index contributed by atoms with van der Waals surface area (Å²) in [6.07, 6.45) is 0. The number of ether oxygens (including phenoxy) is 1. The van der Waals surface area contributed by atoms with Gasteiger partial charge < -0.3 is 9.15 Å². The Morgan fingerprint density at radius 1 is 0.383 bits per heavy atom. The molecule has 47 heavy (non-hydrogen) atoms. The molecule has 0 radical (unpaired) electrons. The van der Waals surface area contributed by atoms with E-state index in [1.165, 1.54) is 74.9 Å². The Morgan fingerprint density at radius 2 is 1.09 bits per heavy atom. The van der Waals surface area contributed by atoms with Gasteiger partial charge in [0, 0.05) is 41.9 Å². The van der Waals surface area contributed by atoms with Crippen LogP contribution < -0.4 is 4.74 Å². The van der Waals surface area contributed by atoms with Crippen molar-refractivity contribution in [2.75, 3.05) is 0 Å². The van der Waals surface area contributed by atoms with Crippen molar-refractivity contribution in [2.45, 2.75) is 0 Å². The minimum Gasteiger partial charge on any atom is -0.456 e. The van der Waals surface area contributed by atoms with Crippen molar-refractivity contribution in [2.24, 2.45) is 0 Å². The van der Waals surface area contributed by atoms with Crippen molar-refractivity contribution in [3.63, 3.8) is 0 Å². The molecule has 11 rings (SSSR count). The number of hydrogen-bond acceptors (Lipinski definition) is 3. The summed E-state index contributed by atoms with van der Waals surface area (Å²) >= 11 is 1.86. The lowest BCUT2D eigenvalue weighted by molar-refractivity contribution is 0.487. The number of para-hydroxylation sites is 1. The molecule has 1 aliphatic heterocycles. The summed E-state index contributed by atoms with van der Waals surface area (Å²) in [5.74, 6) is 1.83. The fourth-order valence-electron chi connectivity index (χ4n) is 7.70. The van der Waals surface area contributed by atoms with Crippen molar-refractivity contribution in [3.8, 4) is 44.9 Å². The first kappa shape index (κ1) is 25.3. The Morgan fingerprint density at radius 3 is 1.94 bits per heavy atom. The normalized spacial score (nSPS) is 12.4. The lowest BCUT2D eigenvalue weighted by Crippen LogP contribution is -1.97. The van der Waals surface area contributed by atoms with Crippen LogP contribution in [-0.4, -0.2) is 0 Å². The summed E-state index contributed by atoms with van der Waals surface area (Å²) in [6, 6.07) is 52.4. The topological polar surface area (TPSA) is 22.4 Å². The van der Waals surface area contributed by atoms with Gasteiger partial charge in [-0.25, -0.2) is 0 Å². The first-order valence-electron chi connectivity index (χ1n) is 15.9. The predicted octanol–water partition coefficient (Wildman–Crippen LogP) is 13.4. The molecule has 0 unspecified atom stereocenters. The van der Waals surface area contributed by atoms with E-state index in [2.05, 4.69) is 133 Å². The van der Waals surface area contributed by atoms with Gasteiger partial charge in [0.05, 0.1) is 0 Å². The second-order valence-electron chi connectivity index (χ2n) is 12.4. The van der Waals surface area contributed by atoms with Gasteiger partial charge in [-0.1, -0.05) is 103 Å². The zero-order chi connectivity index (χ0) is 30.6. The molecule has 1 aliphatic rings. The van der Waals surface area contributed by atoms with Crippen LogP contribution in [-0.2, 0) is 0 Å². The zero-order valence-corrected chi connectivity index (χ0v) is 25.9. The maximum Gasteiger partial charge on any atom is 0.136 e. The van der Waals surface area contributed by atoms with Gasteiger partial charge in [-0.2, -0.15) is 0 Å². The van der Waals surface area contributed by atoms with E-state index in [0.717, 1.165) is 33.6 Å². The monoisotopic (exact) mass is 616 g/mol. The SMILES string of the molecule is c1ccc2c(c1)Oc1ccc(-c3ccc4c(c3)sc3cc(-c5cccc6oc7cc8ccccc8cc7c56)ccc34)c3cccc-2c13. The molecule has 2 aromatic heterocycles. The molecule has 0 bridgehead atoms. The third-order valence-corrected chi connectivity index (χ3v) is 11.0. The highest BCUT2D eigenvalue weighted by atomic mass is 32.1. The fourth-order valence-corrected chi connectivity index (χ4v) is 8.88. The maximum atomic E-state index is 6.38. The molecule has 0 fully saturated rings. The van der Waals surface area contributed by atoms with Gasteiger partial charge in [0.1, 0.15) is 22.7 Å². The maximum absolute atomic E-state index is 6.38. The average molecular weight is 617 g/mol. The Bertz CT molecular complexity index is 2940. The molecule has 0 atom stereocenters. The smallest absolute Gasteiger partial charge is 0.136 e. The number of rotatable bonds is 2. The quantitative estimate of drug-likeness (QED) is 0.193. The van der Waals surface area contributed by atoms with Crippen LogP contribution in [0.1, 0.15) is 0 Å². The number of fused-ring (bicyclic) bond motifs is 9. The molecule has 0 N–H and O–H groups in total. The van der Waals surface area contributed by atoms with E-state index >= 15 is 0 Å². The molecule has 0 spiro atoms. The van der Waals surface area contributed by atoms with E-state index in [-0.39, 0.29) is 0 Å². The molecular formula is C44H24O2S. The van der Waals surface area contributed by atoms with Gasteiger partial charge in [-0.3, -0.25) is 0 Å². The molecule has 0 amide bonds. The van der Waals surface area contributed by atoms with Gasteiger partial charge in [-0.15, -0.1) is 11.3 Å². The summed E-state index contributed by atoms with van der Waals surface area (Å²) in [5, 5.41) is 9.72. The Labute approximate surface area is 273 Å². The zero-order valence-electron chi connectivity index (χ0n) is 25.1. The summed E-state index contributed by atoms with van der Waals surface area (Å²) < 4.78 is 15.3. The van der Waals surface area contributed by atoms with Crippen molar-refractivity contribution in [3.05, 3.63) is 146 Å². The van der Waals surface area contributed by atoms with Crippen LogP contribution in [0.25, 0.3) is 97.0 Å². The van der Waals surface area contributed by atoms with Gasteiger partial charge in [0.25, 0.3) is 0 Å². The second kappa shape index (κ2) is 9.32. The Hall–Kier alpha value is -5.90. The van der Waals surface area contributed by atoms with Crippen LogP contribution in [0.5, 0.6) is 11.5 Å². The van der Waals surface area contributed by atoms with Gasteiger partial charge >= 0.3 is 0 Å². The van der Waals surface area contributed by atoms with Crippen molar-refractivity contribution in [1.82, 2.24) is 0 Å². The van der Waals surface area contributed by atoms with Crippen LogP contribution in [0.2, 0.25) is 0 Å². The van der Waals surface area contributed by atoms with E-state index in [9.17, 15) is 0 Å². The second-order valence-corrected chi connectivity index (χ2v) is 13.5. The lowest BCUT2D eigenvalue weighted by Gasteiger charge is -2.22. The molecule has 2 nitrogen and oxygen atoms in total. The highest BCUT2D eigenvalue weighted by molar-refractivity contribution is 7.25. The molecule has 3 heteroatoms. The first-order valence-corrected chi connectivity index (χ1v) is 16.7. The summed E-state index contributed by atoms with van der Waals surface area (Å²) in [6.45, 7) is 0. The third-order valence-electron chi connectivity index (χ3n) is 9.86. The van der Waals surface area contributed by atoms with Crippen molar-refractivity contribution in [1.29, 1.82) is 0 Å². The highest BCUT2D eigenvalue weighted by Gasteiger charge is 2.21. The van der Waals surface area contributed by atoms with Gasteiger partial charge in [0.2, 0.25) is 0 Å². The third kappa shape index (κ3) is 3.60. The molecule has 3 heterocycles. The fraction of sp³-hybridized carbons (Fsp3) is 0. The summed E-state index contributed by atoms with van der Waals surface area (Å²) in [4.78, 5) is 0. The highest BCUT2D eigenvalue weighted by Crippen LogP contribution is 2.49. The minimum absolute atomic E-state index is 0.914. The first-order chi connectivity index (χ1) is 23.3. The van der Waals surface area contributed by atoms with Crippen LogP contribution in [0.4, 0.5) is 0 Å². The summed E-state index contributed by atoms with van der Waals surface area (Å²) in [5.41, 5.74) is 9.06. The number of thiophene rings is 1. The predicted molar refractivity (Wildman–Crippen MR) is 198 cm³/mol. The molecule has 218 valence electrons. The van der Waals surface area contributed by atoms with Crippen LogP contribution in [0.15, 0.2) is 150 Å². The van der Waals surface area contributed by atoms with E-state index in [0.29, 0.717) is 0 Å². The van der Waals surface area contributed by atoms with E-state index in [4.69, 9.17) is 9.15 Å². The molecule has 0 saturated carbocycles. The number of furan rings is 1. The molecular weight excluding hydrogens is 593 g/mol. The largest absolute Gasteiger partial charge is 0.456 e. The average Bonchev–Trinajstić information content (AvgIpc) is 3.67. The standard InChI is InChI=1S/C44H24O2S/c1-2-8-26-22-40-36(21-25(26)7-1)43-30(10-6-14-38(43)46-40)28-16-18-33-32-17-15-27(23-41(32)47-42(33)24-28)29-19-20-39-44-34(29)11-5-12-35(44)31-9-3-4-13-37(31)45-39/h1-24H. The molecule has 0 aliphatic carbocycles. The van der Waals surface area contributed by atoms with Crippen molar-refractivity contribution < 1.29 is 9.15 Å².